The second kappa shape index (κ2) is 6.54. The second-order valence-corrected chi connectivity index (χ2v) is 5.85. The van der Waals surface area contributed by atoms with Crippen molar-refractivity contribution in [2.24, 2.45) is 5.10 Å². The molecule has 1 aromatic heterocycles. The SMILES string of the molecule is Oc1ccc(/C=N\n2c(-c3ccc(Cl)cc3Cl)n[nH]c2=S)cc1. The summed E-state index contributed by atoms with van der Waals surface area (Å²) in [5.41, 5.74) is 1.46. The van der Waals surface area contributed by atoms with E-state index in [1.54, 1.807) is 48.7 Å². The molecule has 5 nitrogen and oxygen atoms in total. The molecule has 0 unspecified atom stereocenters. The molecule has 0 amide bonds. The van der Waals surface area contributed by atoms with Crippen LogP contribution in [0.2, 0.25) is 10.0 Å². The van der Waals surface area contributed by atoms with Gasteiger partial charge in [0, 0.05) is 10.6 Å². The fraction of sp³-hybridized carbons (Fsp3) is 0. The van der Waals surface area contributed by atoms with Gasteiger partial charge in [0.05, 0.1) is 11.2 Å². The molecule has 2 N–H and O–H groups in total. The van der Waals surface area contributed by atoms with Crippen molar-refractivity contribution < 1.29 is 5.11 Å². The second-order valence-electron chi connectivity index (χ2n) is 4.62. The first-order valence-corrected chi connectivity index (χ1v) is 7.67. The van der Waals surface area contributed by atoms with Crippen LogP contribution in [0.15, 0.2) is 47.6 Å². The summed E-state index contributed by atoms with van der Waals surface area (Å²) in [6.45, 7) is 0. The number of nitrogens with one attached hydrogen (secondary N) is 1. The Morgan fingerprint density at radius 3 is 2.61 bits per heavy atom. The normalized spacial score (nSPS) is 11.2. The molecule has 0 atom stereocenters. The molecule has 0 aliphatic heterocycles. The molecule has 3 rings (SSSR count). The number of hydrogen-bond acceptors (Lipinski definition) is 4. The number of H-pyrrole nitrogens is 1. The Hall–Kier alpha value is -2.15. The Kier molecular flexibility index (Phi) is 4.47. The van der Waals surface area contributed by atoms with E-state index in [1.165, 1.54) is 4.68 Å². The van der Waals surface area contributed by atoms with Crippen molar-refractivity contribution in [3.8, 4) is 17.1 Å². The van der Waals surface area contributed by atoms with Crippen LogP contribution in [-0.4, -0.2) is 26.2 Å². The highest BCUT2D eigenvalue weighted by Gasteiger charge is 2.12. The number of hydrogen-bond donors (Lipinski definition) is 2. The van der Waals surface area contributed by atoms with Crippen LogP contribution in [0.1, 0.15) is 5.56 Å². The summed E-state index contributed by atoms with van der Waals surface area (Å²) in [7, 11) is 0. The minimum absolute atomic E-state index is 0.190. The molecule has 1 heterocycles. The number of phenolic OH excluding ortho intramolecular Hbond substituents is 1. The van der Waals surface area contributed by atoms with Gasteiger partial charge in [0.2, 0.25) is 4.77 Å². The van der Waals surface area contributed by atoms with Gasteiger partial charge in [0.15, 0.2) is 5.82 Å². The van der Waals surface area contributed by atoms with E-state index in [0.29, 0.717) is 26.2 Å². The third-order valence-corrected chi connectivity index (χ3v) is 3.85. The maximum atomic E-state index is 9.29. The summed E-state index contributed by atoms with van der Waals surface area (Å²) >= 11 is 17.3. The van der Waals surface area contributed by atoms with Gasteiger partial charge in [0.1, 0.15) is 5.75 Å². The van der Waals surface area contributed by atoms with E-state index in [-0.39, 0.29) is 5.75 Å². The highest BCUT2D eigenvalue weighted by atomic mass is 35.5. The van der Waals surface area contributed by atoms with Gasteiger partial charge in [-0.3, -0.25) is 0 Å². The van der Waals surface area contributed by atoms with Crippen molar-refractivity contribution in [3.05, 3.63) is 62.8 Å². The first-order valence-electron chi connectivity index (χ1n) is 6.51. The van der Waals surface area contributed by atoms with Crippen molar-refractivity contribution in [3.63, 3.8) is 0 Å². The lowest BCUT2D eigenvalue weighted by Crippen LogP contribution is -1.95. The molecule has 8 heteroatoms. The number of aromatic amines is 1. The molecule has 0 spiro atoms. The van der Waals surface area contributed by atoms with Crippen LogP contribution < -0.4 is 0 Å². The molecule has 23 heavy (non-hydrogen) atoms. The number of rotatable bonds is 3. The zero-order chi connectivity index (χ0) is 16.4. The number of phenols is 1. The first-order chi connectivity index (χ1) is 11.0. The van der Waals surface area contributed by atoms with Crippen LogP contribution in [0, 0.1) is 4.77 Å². The maximum absolute atomic E-state index is 9.29. The van der Waals surface area contributed by atoms with Gasteiger partial charge in [-0.2, -0.15) is 14.9 Å². The fourth-order valence-electron chi connectivity index (χ4n) is 1.93. The van der Waals surface area contributed by atoms with E-state index in [0.717, 1.165) is 5.56 Å². The summed E-state index contributed by atoms with van der Waals surface area (Å²) < 4.78 is 1.80. The number of halogens is 2. The van der Waals surface area contributed by atoms with Gasteiger partial charge in [-0.25, -0.2) is 5.10 Å². The predicted molar refractivity (Wildman–Crippen MR) is 94.0 cm³/mol. The molecule has 0 aliphatic carbocycles. The smallest absolute Gasteiger partial charge is 0.216 e. The Morgan fingerprint density at radius 2 is 1.91 bits per heavy atom. The third-order valence-electron chi connectivity index (χ3n) is 3.04. The molecule has 0 bridgehead atoms. The highest BCUT2D eigenvalue weighted by molar-refractivity contribution is 7.71. The summed E-state index contributed by atoms with van der Waals surface area (Å²) in [6, 6.07) is 11.7. The van der Waals surface area contributed by atoms with E-state index in [9.17, 15) is 5.11 Å². The monoisotopic (exact) mass is 364 g/mol. The van der Waals surface area contributed by atoms with E-state index >= 15 is 0 Å². The molecular formula is C15H10Cl2N4OS. The zero-order valence-corrected chi connectivity index (χ0v) is 13.9. The average Bonchev–Trinajstić information content (AvgIpc) is 2.88. The van der Waals surface area contributed by atoms with Crippen LogP contribution in [-0.2, 0) is 0 Å². The van der Waals surface area contributed by atoms with E-state index in [1.807, 2.05) is 0 Å². The number of nitrogens with zero attached hydrogens (tertiary/aromatic N) is 3. The van der Waals surface area contributed by atoms with Crippen LogP contribution in [0.25, 0.3) is 11.4 Å². The van der Waals surface area contributed by atoms with Crippen molar-refractivity contribution >= 4 is 41.6 Å². The van der Waals surface area contributed by atoms with Gasteiger partial charge < -0.3 is 5.11 Å². The Balaban J connectivity index is 2.02. The quantitative estimate of drug-likeness (QED) is 0.530. The molecular weight excluding hydrogens is 355 g/mol. The first kappa shape index (κ1) is 15.7. The lowest BCUT2D eigenvalue weighted by atomic mass is 10.2. The predicted octanol–water partition coefficient (Wildman–Crippen LogP) is 4.50. The van der Waals surface area contributed by atoms with Crippen LogP contribution in [0.3, 0.4) is 0 Å². The molecule has 116 valence electrons. The van der Waals surface area contributed by atoms with Gasteiger partial charge in [0.25, 0.3) is 0 Å². The van der Waals surface area contributed by atoms with E-state index in [2.05, 4.69) is 15.3 Å². The van der Waals surface area contributed by atoms with Crippen LogP contribution in [0.4, 0.5) is 0 Å². The van der Waals surface area contributed by atoms with Crippen molar-refractivity contribution in [1.82, 2.24) is 14.9 Å². The summed E-state index contributed by atoms with van der Waals surface area (Å²) in [4.78, 5) is 0. The molecule has 0 fully saturated rings. The maximum Gasteiger partial charge on any atom is 0.216 e. The van der Waals surface area contributed by atoms with E-state index in [4.69, 9.17) is 35.4 Å². The lowest BCUT2D eigenvalue weighted by Gasteiger charge is -2.04. The van der Waals surface area contributed by atoms with Crippen LogP contribution >= 0.6 is 35.4 Å². The molecule has 0 saturated heterocycles. The van der Waals surface area contributed by atoms with Crippen molar-refractivity contribution in [2.75, 3.05) is 0 Å². The average molecular weight is 365 g/mol. The highest BCUT2D eigenvalue weighted by Crippen LogP contribution is 2.29. The van der Waals surface area contributed by atoms with Crippen molar-refractivity contribution in [1.29, 1.82) is 0 Å². The van der Waals surface area contributed by atoms with Crippen LogP contribution in [0.5, 0.6) is 5.75 Å². The lowest BCUT2D eigenvalue weighted by molar-refractivity contribution is 0.475. The van der Waals surface area contributed by atoms with Gasteiger partial charge in [-0.15, -0.1) is 0 Å². The minimum Gasteiger partial charge on any atom is -0.508 e. The van der Waals surface area contributed by atoms with E-state index < -0.39 is 0 Å². The zero-order valence-electron chi connectivity index (χ0n) is 11.6. The standard InChI is InChI=1S/C15H10Cl2N4OS/c16-10-3-6-12(13(17)7-10)14-19-20-15(23)21(14)18-8-9-1-4-11(22)5-2-9/h1-8,22H,(H,20,23)/b18-8-. The summed E-state index contributed by atoms with van der Waals surface area (Å²) in [5, 5.41) is 21.5. The summed E-state index contributed by atoms with van der Waals surface area (Å²) in [6.07, 6.45) is 1.61. The number of aromatic nitrogens is 3. The number of aromatic hydroxyl groups is 1. The Bertz CT molecular complexity index is 931. The fourth-order valence-corrected chi connectivity index (χ4v) is 2.60. The largest absolute Gasteiger partial charge is 0.508 e. The molecule has 0 aliphatic rings. The van der Waals surface area contributed by atoms with Gasteiger partial charge in [-0.1, -0.05) is 23.2 Å². The molecule has 2 aromatic carbocycles. The number of benzene rings is 2. The van der Waals surface area contributed by atoms with Gasteiger partial charge >= 0.3 is 0 Å². The molecule has 0 radical (unpaired) electrons. The Morgan fingerprint density at radius 1 is 1.17 bits per heavy atom. The minimum atomic E-state index is 0.190. The third kappa shape index (κ3) is 3.44. The van der Waals surface area contributed by atoms with Gasteiger partial charge in [-0.05, 0) is 60.2 Å². The molecule has 3 aromatic rings. The summed E-state index contributed by atoms with van der Waals surface area (Å²) in [5.74, 6) is 0.669. The topological polar surface area (TPSA) is 66.2 Å². The Labute approximate surface area is 146 Å². The van der Waals surface area contributed by atoms with Crippen molar-refractivity contribution in [2.45, 2.75) is 0 Å². The molecule has 0 saturated carbocycles.